The summed E-state index contributed by atoms with van der Waals surface area (Å²) < 4.78 is 4.15. The van der Waals surface area contributed by atoms with E-state index in [2.05, 4.69) is 32.8 Å². The largest absolute Gasteiger partial charge is 0.345 e. The summed E-state index contributed by atoms with van der Waals surface area (Å²) in [5, 5.41) is 2.94. The fourth-order valence-corrected chi connectivity index (χ4v) is 3.97. The Labute approximate surface area is 147 Å². The van der Waals surface area contributed by atoms with Crippen LogP contribution in [0.3, 0.4) is 0 Å². The zero-order chi connectivity index (χ0) is 16.4. The van der Waals surface area contributed by atoms with Crippen LogP contribution in [0.15, 0.2) is 52.5 Å². The highest BCUT2D eigenvalue weighted by Crippen LogP contribution is 2.32. The molecule has 0 unspecified atom stereocenters. The molecule has 3 aromatic heterocycles. The van der Waals surface area contributed by atoms with Crippen LogP contribution in [0.5, 0.6) is 0 Å². The fraction of sp³-hybridized carbons (Fsp3) is 0.176. The second-order valence-corrected chi connectivity index (χ2v) is 7.84. The number of allylic oxidation sites excluding steroid dienone is 1. The van der Waals surface area contributed by atoms with Crippen LogP contribution in [0.1, 0.15) is 23.1 Å². The molecule has 6 heteroatoms. The second-order valence-electron chi connectivity index (χ2n) is 5.38. The van der Waals surface area contributed by atoms with E-state index in [1.54, 1.807) is 17.5 Å². The number of carbonyl (C=O) groups excluding carboxylic acids is 1. The number of nitrogens with one attached hydrogen (secondary N) is 1. The number of aromatic nitrogens is 2. The van der Waals surface area contributed by atoms with Crippen molar-refractivity contribution in [3.05, 3.63) is 63.9 Å². The van der Waals surface area contributed by atoms with Gasteiger partial charge in [0.25, 0.3) is 5.91 Å². The van der Waals surface area contributed by atoms with E-state index in [4.69, 9.17) is 0 Å². The molecule has 0 atom stereocenters. The minimum Gasteiger partial charge on any atom is -0.345 e. The van der Waals surface area contributed by atoms with Crippen molar-refractivity contribution in [1.82, 2.24) is 14.9 Å². The molecule has 23 heavy (non-hydrogen) atoms. The van der Waals surface area contributed by atoms with Gasteiger partial charge in [-0.1, -0.05) is 18.2 Å². The first-order chi connectivity index (χ1) is 11.0. The van der Waals surface area contributed by atoms with Gasteiger partial charge in [0.15, 0.2) is 0 Å². The van der Waals surface area contributed by atoms with Gasteiger partial charge >= 0.3 is 0 Å². The van der Waals surface area contributed by atoms with E-state index in [1.165, 1.54) is 0 Å². The molecule has 0 aliphatic heterocycles. The van der Waals surface area contributed by atoms with E-state index in [9.17, 15) is 4.79 Å². The highest BCUT2D eigenvalue weighted by Gasteiger charge is 2.17. The van der Waals surface area contributed by atoms with E-state index in [0.29, 0.717) is 18.8 Å². The van der Waals surface area contributed by atoms with Crippen LogP contribution >= 0.6 is 27.3 Å². The smallest absolute Gasteiger partial charge is 0.268 e. The first-order valence-corrected chi connectivity index (χ1v) is 8.76. The minimum absolute atomic E-state index is 0.101. The number of thiophene rings is 1. The van der Waals surface area contributed by atoms with Crippen molar-refractivity contribution in [2.24, 2.45) is 0 Å². The number of rotatable bonds is 5. The molecule has 1 amide bonds. The van der Waals surface area contributed by atoms with Crippen molar-refractivity contribution in [2.75, 3.05) is 0 Å². The lowest BCUT2D eigenvalue weighted by molar-refractivity contribution is 0.0942. The van der Waals surface area contributed by atoms with Crippen molar-refractivity contribution >= 4 is 43.4 Å². The Morgan fingerprint density at radius 2 is 2.26 bits per heavy atom. The molecule has 1 N–H and O–H groups in total. The summed E-state index contributed by atoms with van der Waals surface area (Å²) in [5.74, 6) is -0.101. The van der Waals surface area contributed by atoms with Gasteiger partial charge in [-0.05, 0) is 47.1 Å². The lowest BCUT2D eigenvalue weighted by atomic mass is 10.3. The normalized spacial score (nSPS) is 10.9. The maximum Gasteiger partial charge on any atom is 0.268 e. The van der Waals surface area contributed by atoms with Gasteiger partial charge < -0.3 is 9.88 Å². The van der Waals surface area contributed by atoms with Crippen molar-refractivity contribution in [1.29, 1.82) is 0 Å². The lowest BCUT2D eigenvalue weighted by Gasteiger charge is -2.10. The molecular formula is C17H16BrN3OS. The van der Waals surface area contributed by atoms with Crippen LogP contribution in [0.2, 0.25) is 0 Å². The third-order valence-electron chi connectivity index (χ3n) is 3.38. The Balaban J connectivity index is 1.87. The molecule has 0 saturated carbocycles. The number of hydrogen-bond acceptors (Lipinski definition) is 3. The molecule has 118 valence electrons. The van der Waals surface area contributed by atoms with E-state index >= 15 is 0 Å². The zero-order valence-electron chi connectivity index (χ0n) is 12.7. The molecule has 0 saturated heterocycles. The quantitative estimate of drug-likeness (QED) is 0.658. The first kappa shape index (κ1) is 16.0. The Morgan fingerprint density at radius 1 is 1.43 bits per heavy atom. The van der Waals surface area contributed by atoms with Gasteiger partial charge in [-0.3, -0.25) is 9.78 Å². The average Bonchev–Trinajstić information content (AvgIpc) is 3.03. The monoisotopic (exact) mass is 389 g/mol. The van der Waals surface area contributed by atoms with Crippen molar-refractivity contribution in [3.63, 3.8) is 0 Å². The summed E-state index contributed by atoms with van der Waals surface area (Å²) in [5.41, 5.74) is 3.54. The Kier molecular flexibility index (Phi) is 4.63. The number of carbonyl (C=O) groups is 1. The SMILES string of the molecule is C=C(C)Cn1c(C(=O)NCc2ccccn2)cc2sc(Br)cc21. The maximum atomic E-state index is 12.6. The molecule has 0 fully saturated rings. The first-order valence-electron chi connectivity index (χ1n) is 7.15. The maximum absolute atomic E-state index is 12.6. The van der Waals surface area contributed by atoms with Gasteiger partial charge in [-0.2, -0.15) is 0 Å². The van der Waals surface area contributed by atoms with Gasteiger partial charge in [0.2, 0.25) is 0 Å². The Morgan fingerprint density at radius 3 is 2.96 bits per heavy atom. The molecule has 3 rings (SSSR count). The predicted octanol–water partition coefficient (Wildman–Crippen LogP) is 4.37. The molecule has 0 aliphatic rings. The highest BCUT2D eigenvalue weighted by molar-refractivity contribution is 9.11. The van der Waals surface area contributed by atoms with E-state index in [0.717, 1.165) is 25.3 Å². The van der Waals surface area contributed by atoms with Crippen LogP contribution in [0, 0.1) is 0 Å². The molecule has 3 heterocycles. The Bertz CT molecular complexity index is 867. The predicted molar refractivity (Wildman–Crippen MR) is 97.7 cm³/mol. The number of amides is 1. The topological polar surface area (TPSA) is 46.9 Å². The molecular weight excluding hydrogens is 374 g/mol. The lowest BCUT2D eigenvalue weighted by Crippen LogP contribution is -2.26. The summed E-state index contributed by atoms with van der Waals surface area (Å²) >= 11 is 5.12. The average molecular weight is 390 g/mol. The van der Waals surface area contributed by atoms with Crippen LogP contribution in [0.25, 0.3) is 10.2 Å². The van der Waals surface area contributed by atoms with Gasteiger partial charge in [0.1, 0.15) is 5.69 Å². The summed E-state index contributed by atoms with van der Waals surface area (Å²) in [6, 6.07) is 9.63. The third kappa shape index (κ3) is 3.54. The molecule has 0 aromatic carbocycles. The number of halogens is 1. The Hall–Kier alpha value is -1.92. The molecule has 3 aromatic rings. The van der Waals surface area contributed by atoms with Crippen molar-refractivity contribution < 1.29 is 4.79 Å². The number of fused-ring (bicyclic) bond motifs is 1. The van der Waals surface area contributed by atoms with Crippen LogP contribution < -0.4 is 5.32 Å². The second kappa shape index (κ2) is 6.68. The molecule has 0 radical (unpaired) electrons. The van der Waals surface area contributed by atoms with Crippen LogP contribution in [0.4, 0.5) is 0 Å². The summed E-state index contributed by atoms with van der Waals surface area (Å²) in [7, 11) is 0. The molecule has 0 bridgehead atoms. The standard InChI is InChI=1S/C17H16BrN3OS/c1-11(2)10-21-13-8-16(18)23-15(13)7-14(21)17(22)20-9-12-5-3-4-6-19-12/h3-8H,1,9-10H2,2H3,(H,20,22). The summed E-state index contributed by atoms with van der Waals surface area (Å²) in [6.07, 6.45) is 1.72. The van der Waals surface area contributed by atoms with Crippen LogP contribution in [-0.4, -0.2) is 15.5 Å². The third-order valence-corrected chi connectivity index (χ3v) is 4.95. The number of hydrogen-bond donors (Lipinski definition) is 1. The van der Waals surface area contributed by atoms with Gasteiger partial charge in [0.05, 0.1) is 26.2 Å². The van der Waals surface area contributed by atoms with Gasteiger partial charge in [-0.25, -0.2) is 0 Å². The van der Waals surface area contributed by atoms with E-state index in [1.807, 2.05) is 41.8 Å². The number of nitrogens with zero attached hydrogens (tertiary/aromatic N) is 2. The van der Waals surface area contributed by atoms with E-state index < -0.39 is 0 Å². The molecule has 4 nitrogen and oxygen atoms in total. The van der Waals surface area contributed by atoms with Crippen molar-refractivity contribution in [2.45, 2.75) is 20.0 Å². The van der Waals surface area contributed by atoms with Gasteiger partial charge in [0, 0.05) is 12.7 Å². The minimum atomic E-state index is -0.101. The van der Waals surface area contributed by atoms with Crippen LogP contribution in [-0.2, 0) is 13.1 Å². The molecule has 0 aliphatic carbocycles. The zero-order valence-corrected chi connectivity index (χ0v) is 15.1. The van der Waals surface area contributed by atoms with Crippen molar-refractivity contribution in [3.8, 4) is 0 Å². The van der Waals surface area contributed by atoms with E-state index in [-0.39, 0.29) is 5.91 Å². The summed E-state index contributed by atoms with van der Waals surface area (Å²) in [4.78, 5) is 16.8. The number of pyridine rings is 1. The highest BCUT2D eigenvalue weighted by atomic mass is 79.9. The molecule has 0 spiro atoms. The summed E-state index contributed by atoms with van der Waals surface area (Å²) in [6.45, 7) is 6.96. The fourth-order valence-electron chi connectivity index (χ4n) is 2.40. The van der Waals surface area contributed by atoms with Gasteiger partial charge in [-0.15, -0.1) is 11.3 Å².